The van der Waals surface area contributed by atoms with Gasteiger partial charge in [0.05, 0.1) is 6.10 Å². The van der Waals surface area contributed by atoms with Crippen molar-refractivity contribution in [3.8, 4) is 0 Å². The number of carbonyl (C=O) groups is 1. The number of aliphatic hydroxyl groups is 1. The molecule has 0 saturated heterocycles. The van der Waals surface area contributed by atoms with E-state index < -0.39 is 6.10 Å². The van der Waals surface area contributed by atoms with Crippen molar-refractivity contribution in [1.82, 2.24) is 0 Å². The molecule has 60 valence electrons. The molecule has 1 N–H and O–H groups in total. The third-order valence-electron chi connectivity index (χ3n) is 2.13. The molecule has 0 radical (unpaired) electrons. The number of carbonyl (C=O) groups excluding carboxylic acids is 1. The van der Waals surface area contributed by atoms with Gasteiger partial charge in [-0.3, -0.25) is 0 Å². The largest absolute Gasteiger partial charge is 0.392 e. The maximum atomic E-state index is 10.0. The SMILES string of the molecule is CCC(C)(C)C(O)CC=O. The summed E-state index contributed by atoms with van der Waals surface area (Å²) in [5, 5.41) is 9.35. The predicted octanol–water partition coefficient (Wildman–Crippen LogP) is 1.37. The average Bonchev–Trinajstić information content (AvgIpc) is 1.89. The van der Waals surface area contributed by atoms with Crippen molar-refractivity contribution >= 4 is 6.29 Å². The van der Waals surface area contributed by atoms with Crippen LogP contribution in [-0.2, 0) is 4.79 Å². The van der Waals surface area contributed by atoms with Crippen LogP contribution < -0.4 is 0 Å². The molecule has 0 bridgehead atoms. The van der Waals surface area contributed by atoms with Crippen LogP contribution in [0.4, 0.5) is 0 Å². The van der Waals surface area contributed by atoms with Gasteiger partial charge in [0.25, 0.3) is 0 Å². The molecule has 0 aliphatic rings. The minimum Gasteiger partial charge on any atom is -0.392 e. The van der Waals surface area contributed by atoms with Gasteiger partial charge in [0.15, 0.2) is 0 Å². The molecule has 0 aromatic rings. The lowest BCUT2D eigenvalue weighted by Gasteiger charge is -2.27. The van der Waals surface area contributed by atoms with Crippen LogP contribution in [0.1, 0.15) is 33.6 Å². The number of aldehydes is 1. The molecule has 0 aliphatic carbocycles. The van der Waals surface area contributed by atoms with Gasteiger partial charge >= 0.3 is 0 Å². The van der Waals surface area contributed by atoms with Crippen LogP contribution in [0.25, 0.3) is 0 Å². The molecule has 10 heavy (non-hydrogen) atoms. The molecule has 0 aromatic carbocycles. The quantitative estimate of drug-likeness (QED) is 0.605. The molecule has 0 fully saturated rings. The lowest BCUT2D eigenvalue weighted by molar-refractivity contribution is -0.111. The molecule has 2 heteroatoms. The van der Waals surface area contributed by atoms with Gasteiger partial charge in [-0.15, -0.1) is 0 Å². The first-order chi connectivity index (χ1) is 4.54. The highest BCUT2D eigenvalue weighted by Crippen LogP contribution is 2.25. The molecule has 0 aliphatic heterocycles. The highest BCUT2D eigenvalue weighted by atomic mass is 16.3. The van der Waals surface area contributed by atoms with Gasteiger partial charge in [-0.1, -0.05) is 20.8 Å². The Morgan fingerprint density at radius 2 is 2.10 bits per heavy atom. The summed E-state index contributed by atoms with van der Waals surface area (Å²) in [4.78, 5) is 10.0. The predicted molar refractivity (Wildman–Crippen MR) is 40.8 cm³/mol. The van der Waals surface area contributed by atoms with E-state index in [1.165, 1.54) is 0 Å². The first-order valence-corrected chi connectivity index (χ1v) is 3.66. The summed E-state index contributed by atoms with van der Waals surface area (Å²) in [5.74, 6) is 0. The number of hydrogen-bond donors (Lipinski definition) is 1. The number of hydrogen-bond acceptors (Lipinski definition) is 2. The fourth-order valence-electron chi connectivity index (χ4n) is 0.646. The lowest BCUT2D eigenvalue weighted by Crippen LogP contribution is -2.28. The van der Waals surface area contributed by atoms with Crippen molar-refractivity contribution in [1.29, 1.82) is 0 Å². The van der Waals surface area contributed by atoms with E-state index in [9.17, 15) is 9.90 Å². The van der Waals surface area contributed by atoms with E-state index in [4.69, 9.17) is 0 Å². The lowest BCUT2D eigenvalue weighted by atomic mass is 9.83. The van der Waals surface area contributed by atoms with Gasteiger partial charge in [0, 0.05) is 6.42 Å². The van der Waals surface area contributed by atoms with Crippen molar-refractivity contribution in [3.63, 3.8) is 0 Å². The Bertz CT molecular complexity index is 108. The summed E-state index contributed by atoms with van der Waals surface area (Å²) >= 11 is 0. The maximum Gasteiger partial charge on any atom is 0.122 e. The van der Waals surface area contributed by atoms with Gasteiger partial charge in [0.1, 0.15) is 6.29 Å². The Labute approximate surface area is 62.2 Å². The molecule has 2 nitrogen and oxygen atoms in total. The molecule has 0 spiro atoms. The van der Waals surface area contributed by atoms with E-state index in [0.717, 1.165) is 12.7 Å². The summed E-state index contributed by atoms with van der Waals surface area (Å²) in [6.07, 6.45) is 1.42. The van der Waals surface area contributed by atoms with E-state index >= 15 is 0 Å². The third-order valence-corrected chi connectivity index (χ3v) is 2.13. The van der Waals surface area contributed by atoms with E-state index in [1.54, 1.807) is 0 Å². The monoisotopic (exact) mass is 144 g/mol. The summed E-state index contributed by atoms with van der Waals surface area (Å²) in [6, 6.07) is 0. The van der Waals surface area contributed by atoms with Crippen LogP contribution in [0.2, 0.25) is 0 Å². The zero-order valence-electron chi connectivity index (χ0n) is 6.92. The summed E-state index contributed by atoms with van der Waals surface area (Å²) in [5.41, 5.74) is -0.124. The third kappa shape index (κ3) is 2.48. The summed E-state index contributed by atoms with van der Waals surface area (Å²) in [7, 11) is 0. The molecule has 0 saturated carbocycles. The first kappa shape index (κ1) is 9.63. The maximum absolute atomic E-state index is 10.0. The molecule has 0 amide bonds. The van der Waals surface area contributed by atoms with Crippen molar-refractivity contribution in [2.75, 3.05) is 0 Å². The Morgan fingerprint density at radius 1 is 1.60 bits per heavy atom. The van der Waals surface area contributed by atoms with Crippen molar-refractivity contribution in [2.45, 2.75) is 39.7 Å². The van der Waals surface area contributed by atoms with Crippen LogP contribution in [0.3, 0.4) is 0 Å². The molecule has 0 aromatic heterocycles. The zero-order chi connectivity index (χ0) is 8.20. The van der Waals surface area contributed by atoms with Gasteiger partial charge in [-0.2, -0.15) is 0 Å². The molecule has 0 rings (SSSR count). The van der Waals surface area contributed by atoms with Crippen LogP contribution in [-0.4, -0.2) is 17.5 Å². The Hall–Kier alpha value is -0.370. The van der Waals surface area contributed by atoms with Crippen LogP contribution in [0, 0.1) is 5.41 Å². The standard InChI is InChI=1S/C8H16O2/c1-4-8(2,3)7(10)5-6-9/h6-7,10H,4-5H2,1-3H3. The van der Waals surface area contributed by atoms with Gasteiger partial charge in [-0.25, -0.2) is 0 Å². The molecule has 1 unspecified atom stereocenters. The minimum absolute atomic E-state index is 0.124. The number of aliphatic hydroxyl groups excluding tert-OH is 1. The van der Waals surface area contributed by atoms with E-state index in [0.29, 0.717) is 0 Å². The highest BCUT2D eigenvalue weighted by Gasteiger charge is 2.24. The Balaban J connectivity index is 3.89. The van der Waals surface area contributed by atoms with E-state index in [-0.39, 0.29) is 11.8 Å². The normalized spacial score (nSPS) is 14.8. The molecule has 0 heterocycles. The summed E-state index contributed by atoms with van der Waals surface area (Å²) < 4.78 is 0. The van der Waals surface area contributed by atoms with Crippen LogP contribution in [0.5, 0.6) is 0 Å². The van der Waals surface area contributed by atoms with Gasteiger partial charge < -0.3 is 9.90 Å². The Morgan fingerprint density at radius 3 is 2.40 bits per heavy atom. The molecular formula is C8H16O2. The smallest absolute Gasteiger partial charge is 0.122 e. The summed E-state index contributed by atoms with van der Waals surface area (Å²) in [6.45, 7) is 5.93. The second-order valence-corrected chi connectivity index (χ2v) is 3.26. The molecule has 1 atom stereocenters. The van der Waals surface area contributed by atoms with Crippen LogP contribution >= 0.6 is 0 Å². The fraction of sp³-hybridized carbons (Fsp3) is 0.875. The number of rotatable bonds is 4. The van der Waals surface area contributed by atoms with Crippen LogP contribution in [0.15, 0.2) is 0 Å². The fourth-order valence-corrected chi connectivity index (χ4v) is 0.646. The average molecular weight is 144 g/mol. The minimum atomic E-state index is -0.491. The van der Waals surface area contributed by atoms with Crippen molar-refractivity contribution < 1.29 is 9.90 Å². The Kier molecular flexibility index (Phi) is 3.58. The zero-order valence-corrected chi connectivity index (χ0v) is 6.92. The highest BCUT2D eigenvalue weighted by molar-refractivity contribution is 5.50. The van der Waals surface area contributed by atoms with E-state index in [1.807, 2.05) is 20.8 Å². The topological polar surface area (TPSA) is 37.3 Å². The van der Waals surface area contributed by atoms with Gasteiger partial charge in [-0.05, 0) is 11.8 Å². The molecular weight excluding hydrogens is 128 g/mol. The van der Waals surface area contributed by atoms with Crippen molar-refractivity contribution in [3.05, 3.63) is 0 Å². The van der Waals surface area contributed by atoms with Gasteiger partial charge in [0.2, 0.25) is 0 Å². The van der Waals surface area contributed by atoms with Crippen molar-refractivity contribution in [2.24, 2.45) is 5.41 Å². The first-order valence-electron chi connectivity index (χ1n) is 3.66. The van der Waals surface area contributed by atoms with E-state index in [2.05, 4.69) is 0 Å². The second-order valence-electron chi connectivity index (χ2n) is 3.26. The second kappa shape index (κ2) is 3.71.